The number of benzene rings is 1. The van der Waals surface area contributed by atoms with Gasteiger partial charge < -0.3 is 24.4 Å². The van der Waals surface area contributed by atoms with Gasteiger partial charge in [-0.2, -0.15) is 0 Å². The van der Waals surface area contributed by atoms with E-state index in [1.165, 1.54) is 4.90 Å². The molecule has 0 aromatic heterocycles. The lowest BCUT2D eigenvalue weighted by atomic mass is 9.84. The fourth-order valence-corrected chi connectivity index (χ4v) is 5.90. The Hall–Kier alpha value is -1.85. The zero-order chi connectivity index (χ0) is 30.0. The number of carbonyl (C=O) groups excluding carboxylic acids is 2. The molecule has 2 amide bonds. The number of ether oxygens (including phenoxy) is 2. The lowest BCUT2D eigenvalue weighted by molar-refractivity contribution is -0.170. The molecule has 2 fully saturated rings. The van der Waals surface area contributed by atoms with Crippen LogP contribution in [-0.2, 0) is 20.5 Å². The van der Waals surface area contributed by atoms with Gasteiger partial charge >= 0.3 is 6.09 Å². The number of nitrogens with zero attached hydrogens (tertiary/aromatic N) is 2. The number of aliphatic hydroxyl groups is 1. The molecule has 12 heteroatoms. The smallest absolute Gasteiger partial charge is 0.410 e. The SMILES string of the molecule is C=CCOc1cc(Cl)c(Cl)cc1[C@H](NS(=O)C(C)(C)C)C1CCN(C(=O)C2(O)CN(C(=O)OC(C)(C)C)C2)CC1. The maximum absolute atomic E-state index is 13.2. The molecule has 0 spiro atoms. The number of rotatable bonds is 8. The van der Waals surface area contributed by atoms with Crippen molar-refractivity contribution in [2.75, 3.05) is 32.8 Å². The van der Waals surface area contributed by atoms with Crippen molar-refractivity contribution in [2.45, 2.75) is 76.4 Å². The summed E-state index contributed by atoms with van der Waals surface area (Å²) in [5.41, 5.74) is -1.57. The van der Waals surface area contributed by atoms with Crippen molar-refractivity contribution in [1.82, 2.24) is 14.5 Å². The maximum Gasteiger partial charge on any atom is 0.410 e. The molecular formula is C28H41Cl2N3O6S. The van der Waals surface area contributed by atoms with Gasteiger partial charge in [-0.1, -0.05) is 35.9 Å². The first kappa shape index (κ1) is 32.7. The molecule has 2 atom stereocenters. The number of hydrogen-bond acceptors (Lipinski definition) is 6. The Morgan fingerprint density at radius 3 is 2.25 bits per heavy atom. The van der Waals surface area contributed by atoms with Crippen LogP contribution in [0.2, 0.25) is 10.0 Å². The highest BCUT2D eigenvalue weighted by Gasteiger charge is 2.53. The minimum atomic E-state index is -1.63. The molecular weight excluding hydrogens is 577 g/mol. The Labute approximate surface area is 249 Å². The summed E-state index contributed by atoms with van der Waals surface area (Å²) in [4.78, 5) is 28.5. The molecule has 224 valence electrons. The molecule has 2 saturated heterocycles. The topological polar surface area (TPSA) is 108 Å². The van der Waals surface area contributed by atoms with Gasteiger partial charge in [0.05, 0.1) is 44.9 Å². The highest BCUT2D eigenvalue weighted by Crippen LogP contribution is 2.41. The minimum Gasteiger partial charge on any atom is -0.489 e. The van der Waals surface area contributed by atoms with Crippen LogP contribution in [-0.4, -0.2) is 79.9 Å². The Kier molecular flexibility index (Phi) is 10.3. The number of carbonyl (C=O) groups is 2. The molecule has 0 radical (unpaired) electrons. The molecule has 0 bridgehead atoms. The first-order valence-corrected chi connectivity index (χ1v) is 15.3. The quantitative estimate of drug-likeness (QED) is 0.403. The van der Waals surface area contributed by atoms with Crippen molar-refractivity contribution < 1.29 is 28.4 Å². The van der Waals surface area contributed by atoms with Gasteiger partial charge in [0.1, 0.15) is 18.0 Å². The Morgan fingerprint density at radius 1 is 1.15 bits per heavy atom. The third-order valence-electron chi connectivity index (χ3n) is 6.79. The van der Waals surface area contributed by atoms with Gasteiger partial charge in [0.25, 0.3) is 5.91 Å². The first-order chi connectivity index (χ1) is 18.4. The zero-order valence-electron chi connectivity index (χ0n) is 24.1. The second kappa shape index (κ2) is 12.6. The van der Waals surface area contributed by atoms with E-state index < -0.39 is 45.0 Å². The minimum absolute atomic E-state index is 0.0204. The average Bonchev–Trinajstić information content (AvgIpc) is 2.83. The van der Waals surface area contributed by atoms with Crippen LogP contribution >= 0.6 is 23.2 Å². The van der Waals surface area contributed by atoms with Crippen molar-refractivity contribution in [2.24, 2.45) is 5.92 Å². The molecule has 9 nitrogen and oxygen atoms in total. The Balaban J connectivity index is 1.75. The highest BCUT2D eigenvalue weighted by atomic mass is 35.5. The summed E-state index contributed by atoms with van der Waals surface area (Å²) in [6.07, 6.45) is 2.23. The zero-order valence-corrected chi connectivity index (χ0v) is 26.4. The van der Waals surface area contributed by atoms with Gasteiger partial charge in [0.15, 0.2) is 5.60 Å². The van der Waals surface area contributed by atoms with Crippen LogP contribution in [0.25, 0.3) is 0 Å². The predicted octanol–water partition coefficient (Wildman–Crippen LogP) is 4.87. The Bertz CT molecular complexity index is 1140. The molecule has 40 heavy (non-hydrogen) atoms. The number of likely N-dealkylation sites (tertiary alicyclic amines) is 2. The molecule has 0 saturated carbocycles. The van der Waals surface area contributed by atoms with Crippen LogP contribution in [0.15, 0.2) is 24.8 Å². The third-order valence-corrected chi connectivity index (χ3v) is 9.09. The van der Waals surface area contributed by atoms with Gasteiger partial charge in [-0.25, -0.2) is 13.7 Å². The van der Waals surface area contributed by atoms with Gasteiger partial charge in [-0.05, 0) is 66.4 Å². The van der Waals surface area contributed by atoms with E-state index in [1.54, 1.807) is 43.9 Å². The number of piperidine rings is 1. The number of nitrogens with one attached hydrogen (secondary N) is 1. The van der Waals surface area contributed by atoms with E-state index in [-0.39, 0.29) is 25.6 Å². The van der Waals surface area contributed by atoms with Crippen LogP contribution in [0.4, 0.5) is 4.79 Å². The number of halogens is 2. The first-order valence-electron chi connectivity index (χ1n) is 13.4. The second-order valence-electron chi connectivity index (χ2n) is 12.4. The molecule has 1 aromatic carbocycles. The normalized spacial score (nSPS) is 19.4. The van der Waals surface area contributed by atoms with Crippen LogP contribution in [0.1, 0.15) is 66.0 Å². The molecule has 0 aliphatic carbocycles. The van der Waals surface area contributed by atoms with Gasteiger partial charge in [-0.15, -0.1) is 0 Å². The summed E-state index contributed by atoms with van der Waals surface area (Å²) in [7, 11) is -1.41. The fourth-order valence-electron chi connectivity index (χ4n) is 4.67. The third kappa shape index (κ3) is 7.91. The van der Waals surface area contributed by atoms with Crippen molar-refractivity contribution in [1.29, 1.82) is 0 Å². The standard InChI is InChI=1S/C28H41Cl2N3O6S/c1-8-13-38-22-15-21(30)20(29)14-19(22)23(31-40(37)27(5,6)7)18-9-11-32(12-10-18)24(34)28(36)16-33(17-28)25(35)39-26(2,3)4/h8,14-15,18,23,31,36H,1,9-13,16-17H2,2-7H3/t23-,40?/m1/s1. The van der Waals surface area contributed by atoms with E-state index in [1.807, 2.05) is 20.8 Å². The summed E-state index contributed by atoms with van der Waals surface area (Å²) in [5, 5.41) is 11.6. The van der Waals surface area contributed by atoms with Crippen LogP contribution in [0, 0.1) is 5.92 Å². The summed E-state index contributed by atoms with van der Waals surface area (Å²) in [6.45, 7) is 15.5. The molecule has 1 unspecified atom stereocenters. The van der Waals surface area contributed by atoms with Crippen molar-refractivity contribution >= 4 is 46.2 Å². The number of hydrogen-bond donors (Lipinski definition) is 2. The predicted molar refractivity (Wildman–Crippen MR) is 158 cm³/mol. The molecule has 2 N–H and O–H groups in total. The summed E-state index contributed by atoms with van der Waals surface area (Å²) in [6, 6.07) is 2.99. The second-order valence-corrected chi connectivity index (χ2v) is 15.2. The van der Waals surface area contributed by atoms with Crippen LogP contribution in [0.3, 0.4) is 0 Å². The van der Waals surface area contributed by atoms with E-state index in [0.717, 1.165) is 5.56 Å². The van der Waals surface area contributed by atoms with Crippen LogP contribution in [0.5, 0.6) is 5.75 Å². The molecule has 1 aromatic rings. The fraction of sp³-hybridized carbons (Fsp3) is 0.643. The van der Waals surface area contributed by atoms with E-state index in [0.29, 0.717) is 41.7 Å². The Morgan fingerprint density at radius 2 is 1.73 bits per heavy atom. The highest BCUT2D eigenvalue weighted by molar-refractivity contribution is 7.84. The van der Waals surface area contributed by atoms with E-state index in [4.69, 9.17) is 32.7 Å². The van der Waals surface area contributed by atoms with Crippen molar-refractivity contribution in [3.05, 3.63) is 40.4 Å². The number of β-amino-alcohol motifs (C(OH)–C–C–N with tert-alkyl or cyclic N) is 1. The molecule has 3 rings (SSSR count). The summed E-state index contributed by atoms with van der Waals surface area (Å²) >= 11 is 12.7. The lowest BCUT2D eigenvalue weighted by Gasteiger charge is -2.48. The summed E-state index contributed by atoms with van der Waals surface area (Å²) in [5.74, 6) is 0.0910. The molecule has 2 aliphatic heterocycles. The van der Waals surface area contributed by atoms with E-state index in [2.05, 4.69) is 11.3 Å². The lowest BCUT2D eigenvalue weighted by Crippen LogP contribution is -2.71. The molecule has 2 heterocycles. The largest absolute Gasteiger partial charge is 0.489 e. The molecule has 2 aliphatic rings. The van der Waals surface area contributed by atoms with Gasteiger partial charge in [-0.3, -0.25) is 4.79 Å². The van der Waals surface area contributed by atoms with E-state index >= 15 is 0 Å². The number of amides is 2. The van der Waals surface area contributed by atoms with Crippen LogP contribution < -0.4 is 9.46 Å². The van der Waals surface area contributed by atoms with Crippen molar-refractivity contribution in [3.63, 3.8) is 0 Å². The monoisotopic (exact) mass is 617 g/mol. The van der Waals surface area contributed by atoms with Gasteiger partial charge in [0.2, 0.25) is 0 Å². The van der Waals surface area contributed by atoms with E-state index in [9.17, 15) is 18.9 Å². The van der Waals surface area contributed by atoms with Crippen molar-refractivity contribution in [3.8, 4) is 5.75 Å². The maximum atomic E-state index is 13.2. The summed E-state index contributed by atoms with van der Waals surface area (Å²) < 4.78 is 27.2. The average molecular weight is 619 g/mol. The van der Waals surface area contributed by atoms with Gasteiger partial charge in [0, 0.05) is 24.7 Å².